The number of carbonyl (C=O) groups is 1. The molecule has 0 amide bonds. The van der Waals surface area contributed by atoms with Gasteiger partial charge < -0.3 is 9.47 Å². The SMILES string of the molecule is CC(=O)OC12CCCC1CCO2. The van der Waals surface area contributed by atoms with E-state index in [-0.39, 0.29) is 5.97 Å². The molecule has 0 spiro atoms. The highest BCUT2D eigenvalue weighted by Gasteiger charge is 2.50. The molecule has 3 heteroatoms. The molecule has 2 fully saturated rings. The first-order valence-corrected chi connectivity index (χ1v) is 4.56. The molecule has 0 aromatic heterocycles. The molecule has 0 bridgehead atoms. The van der Waals surface area contributed by atoms with Crippen LogP contribution in [0, 0.1) is 5.92 Å². The fraction of sp³-hybridized carbons (Fsp3) is 0.889. The van der Waals surface area contributed by atoms with Gasteiger partial charge in [-0.3, -0.25) is 4.79 Å². The van der Waals surface area contributed by atoms with E-state index in [0.717, 1.165) is 32.3 Å². The number of fused-ring (bicyclic) bond motifs is 1. The molecule has 0 aromatic rings. The normalized spacial score (nSPS) is 39.6. The van der Waals surface area contributed by atoms with Crippen LogP contribution in [0.3, 0.4) is 0 Å². The Balaban J connectivity index is 2.11. The number of ether oxygens (including phenoxy) is 2. The van der Waals surface area contributed by atoms with Crippen molar-refractivity contribution in [2.24, 2.45) is 5.92 Å². The molecule has 1 heterocycles. The minimum absolute atomic E-state index is 0.219. The second-order valence-corrected chi connectivity index (χ2v) is 3.63. The Labute approximate surface area is 72.0 Å². The summed E-state index contributed by atoms with van der Waals surface area (Å²) in [5, 5.41) is 0. The van der Waals surface area contributed by atoms with Gasteiger partial charge in [-0.2, -0.15) is 0 Å². The summed E-state index contributed by atoms with van der Waals surface area (Å²) >= 11 is 0. The lowest BCUT2D eigenvalue weighted by atomic mass is 10.0. The summed E-state index contributed by atoms with van der Waals surface area (Å²) in [5.74, 6) is -0.281. The van der Waals surface area contributed by atoms with Crippen LogP contribution < -0.4 is 0 Å². The Hall–Kier alpha value is -0.570. The molecule has 1 saturated carbocycles. The number of hydrogen-bond acceptors (Lipinski definition) is 3. The van der Waals surface area contributed by atoms with Gasteiger partial charge in [0.05, 0.1) is 6.61 Å². The molecule has 0 aromatic carbocycles. The smallest absolute Gasteiger partial charge is 0.305 e. The lowest BCUT2D eigenvalue weighted by Gasteiger charge is -2.27. The van der Waals surface area contributed by atoms with Crippen LogP contribution in [0.5, 0.6) is 0 Å². The fourth-order valence-corrected chi connectivity index (χ4v) is 2.35. The van der Waals surface area contributed by atoms with E-state index in [9.17, 15) is 4.79 Å². The second-order valence-electron chi connectivity index (χ2n) is 3.63. The Morgan fingerprint density at radius 3 is 3.17 bits per heavy atom. The highest BCUT2D eigenvalue weighted by atomic mass is 16.7. The Kier molecular flexibility index (Phi) is 1.83. The van der Waals surface area contributed by atoms with Crippen LogP contribution in [0.1, 0.15) is 32.6 Å². The number of rotatable bonds is 1. The fourth-order valence-electron chi connectivity index (χ4n) is 2.35. The highest BCUT2D eigenvalue weighted by molar-refractivity contribution is 5.66. The van der Waals surface area contributed by atoms with Crippen molar-refractivity contribution in [1.82, 2.24) is 0 Å². The monoisotopic (exact) mass is 170 g/mol. The minimum atomic E-state index is -0.522. The molecule has 68 valence electrons. The van der Waals surface area contributed by atoms with Crippen LogP contribution in [0.15, 0.2) is 0 Å². The van der Waals surface area contributed by atoms with Gasteiger partial charge in [0, 0.05) is 19.3 Å². The van der Waals surface area contributed by atoms with Crippen LogP contribution in [0.2, 0.25) is 0 Å². The maximum absolute atomic E-state index is 10.8. The van der Waals surface area contributed by atoms with Gasteiger partial charge in [0.15, 0.2) is 0 Å². The third-order valence-corrected chi connectivity index (χ3v) is 2.83. The van der Waals surface area contributed by atoms with Gasteiger partial charge in [-0.15, -0.1) is 0 Å². The van der Waals surface area contributed by atoms with Crippen LogP contribution in [0.4, 0.5) is 0 Å². The minimum Gasteiger partial charge on any atom is -0.433 e. The van der Waals surface area contributed by atoms with Crippen molar-refractivity contribution in [2.75, 3.05) is 6.61 Å². The Bertz CT molecular complexity index is 190. The van der Waals surface area contributed by atoms with Crippen molar-refractivity contribution in [1.29, 1.82) is 0 Å². The first-order chi connectivity index (χ1) is 5.73. The molecule has 12 heavy (non-hydrogen) atoms. The van der Waals surface area contributed by atoms with E-state index in [0.29, 0.717) is 5.92 Å². The largest absolute Gasteiger partial charge is 0.433 e. The molecule has 2 atom stereocenters. The van der Waals surface area contributed by atoms with E-state index in [1.807, 2.05) is 0 Å². The zero-order chi connectivity index (χ0) is 8.60. The summed E-state index contributed by atoms with van der Waals surface area (Å²) in [6, 6.07) is 0. The Morgan fingerprint density at radius 1 is 1.58 bits per heavy atom. The number of carbonyl (C=O) groups excluding carboxylic acids is 1. The maximum Gasteiger partial charge on any atom is 0.305 e. The van der Waals surface area contributed by atoms with Crippen molar-refractivity contribution in [3.05, 3.63) is 0 Å². The molecule has 1 saturated heterocycles. The highest BCUT2D eigenvalue weighted by Crippen LogP contribution is 2.45. The molecule has 3 nitrogen and oxygen atoms in total. The van der Waals surface area contributed by atoms with E-state index in [2.05, 4.69) is 0 Å². The van der Waals surface area contributed by atoms with Crippen molar-refractivity contribution in [3.63, 3.8) is 0 Å². The van der Waals surface area contributed by atoms with Gasteiger partial charge in [0.25, 0.3) is 0 Å². The molecular formula is C9H14O3. The molecule has 1 aliphatic carbocycles. The molecule has 1 aliphatic heterocycles. The van der Waals surface area contributed by atoms with Gasteiger partial charge in [-0.05, 0) is 19.3 Å². The van der Waals surface area contributed by atoms with Crippen LogP contribution in [0.25, 0.3) is 0 Å². The zero-order valence-electron chi connectivity index (χ0n) is 7.34. The van der Waals surface area contributed by atoms with Crippen molar-refractivity contribution < 1.29 is 14.3 Å². The third kappa shape index (κ3) is 1.12. The first kappa shape index (κ1) is 8.05. The summed E-state index contributed by atoms with van der Waals surface area (Å²) in [6.45, 7) is 2.20. The summed E-state index contributed by atoms with van der Waals surface area (Å²) in [5.41, 5.74) is 0. The van der Waals surface area contributed by atoms with Crippen molar-refractivity contribution in [2.45, 2.75) is 38.4 Å². The summed E-state index contributed by atoms with van der Waals surface area (Å²) in [7, 11) is 0. The van der Waals surface area contributed by atoms with E-state index in [1.54, 1.807) is 0 Å². The standard InChI is InChI=1S/C9H14O3/c1-7(10)12-9-5-2-3-8(9)4-6-11-9/h8H,2-6H2,1H3. The van der Waals surface area contributed by atoms with Gasteiger partial charge in [-0.1, -0.05) is 0 Å². The maximum atomic E-state index is 10.8. The average Bonchev–Trinajstić information content (AvgIpc) is 2.42. The molecule has 2 rings (SSSR count). The third-order valence-electron chi connectivity index (χ3n) is 2.83. The van der Waals surface area contributed by atoms with Crippen molar-refractivity contribution in [3.8, 4) is 0 Å². The molecule has 2 aliphatic rings. The van der Waals surface area contributed by atoms with Gasteiger partial charge in [0.2, 0.25) is 5.79 Å². The Morgan fingerprint density at radius 2 is 2.42 bits per heavy atom. The lowest BCUT2D eigenvalue weighted by Crippen LogP contribution is -2.35. The quantitative estimate of drug-likeness (QED) is 0.559. The molecular weight excluding hydrogens is 156 g/mol. The van der Waals surface area contributed by atoms with Crippen LogP contribution in [-0.4, -0.2) is 18.4 Å². The second kappa shape index (κ2) is 2.73. The summed E-state index contributed by atoms with van der Waals surface area (Å²) < 4.78 is 10.8. The van der Waals surface area contributed by atoms with Crippen LogP contribution >= 0.6 is 0 Å². The molecule has 0 N–H and O–H groups in total. The van der Waals surface area contributed by atoms with E-state index in [1.165, 1.54) is 6.92 Å². The lowest BCUT2D eigenvalue weighted by molar-refractivity contribution is -0.218. The first-order valence-electron chi connectivity index (χ1n) is 4.56. The van der Waals surface area contributed by atoms with E-state index < -0.39 is 5.79 Å². The van der Waals surface area contributed by atoms with E-state index >= 15 is 0 Å². The number of esters is 1. The average molecular weight is 170 g/mol. The predicted octanol–water partition coefficient (Wildman–Crippen LogP) is 1.47. The summed E-state index contributed by atoms with van der Waals surface area (Å²) in [6.07, 6.45) is 4.20. The molecule has 2 unspecified atom stereocenters. The van der Waals surface area contributed by atoms with Gasteiger partial charge >= 0.3 is 5.97 Å². The predicted molar refractivity (Wildman–Crippen MR) is 42.4 cm³/mol. The van der Waals surface area contributed by atoms with E-state index in [4.69, 9.17) is 9.47 Å². The topological polar surface area (TPSA) is 35.5 Å². The molecule has 0 radical (unpaired) electrons. The number of hydrogen-bond donors (Lipinski definition) is 0. The summed E-state index contributed by atoms with van der Waals surface area (Å²) in [4.78, 5) is 10.8. The van der Waals surface area contributed by atoms with Crippen LogP contribution in [-0.2, 0) is 14.3 Å². The van der Waals surface area contributed by atoms with Crippen molar-refractivity contribution >= 4 is 5.97 Å². The van der Waals surface area contributed by atoms with Gasteiger partial charge in [-0.25, -0.2) is 0 Å². The van der Waals surface area contributed by atoms with Gasteiger partial charge in [0.1, 0.15) is 0 Å². The zero-order valence-corrected chi connectivity index (χ0v) is 7.34.